The molecule has 2 aromatic rings. The summed E-state index contributed by atoms with van der Waals surface area (Å²) in [5.41, 5.74) is 7.53. The maximum absolute atomic E-state index is 11.1. The second-order valence-electron chi connectivity index (χ2n) is 3.65. The molecule has 0 aliphatic rings. The number of methoxy groups -OCH3 is 1. The first-order chi connectivity index (χ1) is 8.11. The lowest BCUT2D eigenvalue weighted by Crippen LogP contribution is -2.21. The second-order valence-corrected chi connectivity index (χ2v) is 3.65. The van der Waals surface area contributed by atoms with Crippen LogP contribution in [-0.4, -0.2) is 22.9 Å². The van der Waals surface area contributed by atoms with Gasteiger partial charge in [-0.2, -0.15) is 9.78 Å². The number of nitrogens with zero attached hydrogens (tertiary/aromatic N) is 2. The summed E-state index contributed by atoms with van der Waals surface area (Å²) in [5.74, 6) is 0.778. The van der Waals surface area contributed by atoms with Gasteiger partial charge in [0.1, 0.15) is 5.75 Å². The van der Waals surface area contributed by atoms with Gasteiger partial charge >= 0.3 is 6.03 Å². The topological polar surface area (TPSA) is 70.1 Å². The number of hydrogen-bond acceptors (Lipinski definition) is 3. The predicted molar refractivity (Wildman–Crippen MR) is 63.9 cm³/mol. The number of ether oxygens (including phenoxy) is 1. The van der Waals surface area contributed by atoms with Gasteiger partial charge in [-0.25, -0.2) is 4.79 Å². The number of carbonyl (C=O) groups is 1. The number of benzene rings is 1. The summed E-state index contributed by atoms with van der Waals surface area (Å²) in [4.78, 5) is 11.1. The van der Waals surface area contributed by atoms with Crippen molar-refractivity contribution >= 4 is 6.03 Å². The first-order valence-corrected chi connectivity index (χ1v) is 5.12. The van der Waals surface area contributed by atoms with Crippen molar-refractivity contribution < 1.29 is 9.53 Å². The van der Waals surface area contributed by atoms with Crippen LogP contribution in [0, 0.1) is 6.92 Å². The van der Waals surface area contributed by atoms with E-state index in [1.807, 2.05) is 30.3 Å². The molecular formula is C12H13N3O2. The molecule has 1 aromatic heterocycles. The van der Waals surface area contributed by atoms with E-state index in [-0.39, 0.29) is 0 Å². The lowest BCUT2D eigenvalue weighted by atomic mass is 10.1. The number of amides is 1. The highest BCUT2D eigenvalue weighted by atomic mass is 16.5. The molecule has 0 spiro atoms. The number of carbonyl (C=O) groups excluding carboxylic acids is 1. The highest BCUT2D eigenvalue weighted by Gasteiger charge is 2.09. The average Bonchev–Trinajstić information content (AvgIpc) is 2.71. The molecular weight excluding hydrogens is 218 g/mol. The van der Waals surface area contributed by atoms with Crippen LogP contribution >= 0.6 is 0 Å². The number of primary amides is 1. The zero-order chi connectivity index (χ0) is 12.4. The van der Waals surface area contributed by atoms with Crippen molar-refractivity contribution in [1.82, 2.24) is 9.78 Å². The summed E-state index contributed by atoms with van der Waals surface area (Å²) >= 11 is 0. The summed E-state index contributed by atoms with van der Waals surface area (Å²) in [6, 6.07) is 8.68. The smallest absolute Gasteiger partial charge is 0.339 e. The standard InChI is InChI=1S/C12H13N3O2/c1-8-7-11(14-15(8)12(13)16)9-3-5-10(17-2)6-4-9/h3-7H,1-2H3,(H2,13,16). The third-order valence-corrected chi connectivity index (χ3v) is 2.48. The van der Waals surface area contributed by atoms with Crippen molar-refractivity contribution in [1.29, 1.82) is 0 Å². The molecule has 1 aromatic carbocycles. The molecule has 5 heteroatoms. The van der Waals surface area contributed by atoms with Crippen molar-refractivity contribution in [3.05, 3.63) is 36.0 Å². The van der Waals surface area contributed by atoms with Gasteiger partial charge in [-0.05, 0) is 37.3 Å². The molecule has 0 saturated carbocycles. The summed E-state index contributed by atoms with van der Waals surface area (Å²) in [6.07, 6.45) is 0. The minimum Gasteiger partial charge on any atom is -0.497 e. The van der Waals surface area contributed by atoms with Crippen LogP contribution in [0.4, 0.5) is 4.79 Å². The third-order valence-electron chi connectivity index (χ3n) is 2.48. The zero-order valence-electron chi connectivity index (χ0n) is 9.68. The Morgan fingerprint density at radius 3 is 2.47 bits per heavy atom. The molecule has 0 unspecified atom stereocenters. The monoisotopic (exact) mass is 231 g/mol. The Labute approximate surface area is 98.8 Å². The largest absolute Gasteiger partial charge is 0.497 e. The first kappa shape index (κ1) is 11.2. The van der Waals surface area contributed by atoms with E-state index >= 15 is 0 Å². The van der Waals surface area contributed by atoms with Gasteiger partial charge in [-0.3, -0.25) is 0 Å². The van der Waals surface area contributed by atoms with Crippen molar-refractivity contribution in [2.75, 3.05) is 7.11 Å². The molecule has 17 heavy (non-hydrogen) atoms. The van der Waals surface area contributed by atoms with E-state index in [2.05, 4.69) is 5.10 Å². The number of aromatic nitrogens is 2. The Bertz CT molecular complexity index is 543. The van der Waals surface area contributed by atoms with Crippen molar-refractivity contribution in [2.45, 2.75) is 6.92 Å². The van der Waals surface area contributed by atoms with Crippen LogP contribution in [0.2, 0.25) is 0 Å². The van der Waals surface area contributed by atoms with Crippen molar-refractivity contribution in [3.63, 3.8) is 0 Å². The molecule has 1 heterocycles. The van der Waals surface area contributed by atoms with Crippen LogP contribution < -0.4 is 10.5 Å². The van der Waals surface area contributed by atoms with Gasteiger partial charge in [0, 0.05) is 11.3 Å². The lowest BCUT2D eigenvalue weighted by Gasteiger charge is -2.00. The number of aryl methyl sites for hydroxylation is 1. The molecule has 1 amide bonds. The Hall–Kier alpha value is -2.30. The first-order valence-electron chi connectivity index (χ1n) is 5.12. The van der Waals surface area contributed by atoms with Gasteiger partial charge in [0.2, 0.25) is 0 Å². The fourth-order valence-corrected chi connectivity index (χ4v) is 1.60. The lowest BCUT2D eigenvalue weighted by molar-refractivity contribution is 0.247. The van der Waals surface area contributed by atoms with E-state index in [1.165, 1.54) is 4.68 Å². The Balaban J connectivity index is 2.39. The van der Waals surface area contributed by atoms with Crippen LogP contribution in [-0.2, 0) is 0 Å². The zero-order valence-corrected chi connectivity index (χ0v) is 9.68. The molecule has 0 saturated heterocycles. The molecule has 88 valence electrons. The molecule has 0 radical (unpaired) electrons. The average molecular weight is 231 g/mol. The molecule has 2 N–H and O–H groups in total. The molecule has 5 nitrogen and oxygen atoms in total. The molecule has 0 aliphatic carbocycles. The van der Waals surface area contributed by atoms with E-state index in [4.69, 9.17) is 10.5 Å². The maximum Gasteiger partial charge on any atom is 0.339 e. The highest BCUT2D eigenvalue weighted by Crippen LogP contribution is 2.21. The van der Waals surface area contributed by atoms with Gasteiger partial charge in [0.05, 0.1) is 12.8 Å². The number of nitrogens with two attached hydrogens (primary N) is 1. The van der Waals surface area contributed by atoms with E-state index in [1.54, 1.807) is 14.0 Å². The predicted octanol–water partition coefficient (Wildman–Crippen LogP) is 1.79. The fourth-order valence-electron chi connectivity index (χ4n) is 1.60. The van der Waals surface area contributed by atoms with Gasteiger partial charge < -0.3 is 10.5 Å². The van der Waals surface area contributed by atoms with Crippen molar-refractivity contribution in [2.24, 2.45) is 5.73 Å². The third kappa shape index (κ3) is 2.13. The molecule has 0 fully saturated rings. The molecule has 0 aliphatic heterocycles. The maximum atomic E-state index is 11.1. The summed E-state index contributed by atoms with van der Waals surface area (Å²) in [7, 11) is 1.61. The van der Waals surface area contributed by atoms with Crippen LogP contribution in [0.15, 0.2) is 30.3 Å². The quantitative estimate of drug-likeness (QED) is 0.856. The van der Waals surface area contributed by atoms with Gasteiger partial charge in [-0.1, -0.05) is 0 Å². The molecule has 0 atom stereocenters. The Morgan fingerprint density at radius 1 is 1.35 bits per heavy atom. The number of hydrogen-bond donors (Lipinski definition) is 1. The Kier molecular flexibility index (Phi) is 2.82. The summed E-state index contributed by atoms with van der Waals surface area (Å²) < 4.78 is 6.25. The van der Waals surface area contributed by atoms with Crippen LogP contribution in [0.25, 0.3) is 11.3 Å². The normalized spacial score (nSPS) is 10.2. The molecule has 0 bridgehead atoms. The van der Waals surface area contributed by atoms with E-state index in [9.17, 15) is 4.79 Å². The minimum absolute atomic E-state index is 0.581. The van der Waals surface area contributed by atoms with E-state index in [0.717, 1.165) is 11.3 Å². The molecule has 2 rings (SSSR count). The van der Waals surface area contributed by atoms with Gasteiger partial charge in [-0.15, -0.1) is 0 Å². The van der Waals surface area contributed by atoms with Crippen LogP contribution in [0.5, 0.6) is 5.75 Å². The minimum atomic E-state index is -0.581. The Morgan fingerprint density at radius 2 is 2.00 bits per heavy atom. The van der Waals surface area contributed by atoms with E-state index in [0.29, 0.717) is 11.4 Å². The van der Waals surface area contributed by atoms with Gasteiger partial charge in [0.15, 0.2) is 0 Å². The van der Waals surface area contributed by atoms with Crippen LogP contribution in [0.3, 0.4) is 0 Å². The van der Waals surface area contributed by atoms with Crippen molar-refractivity contribution in [3.8, 4) is 17.0 Å². The fraction of sp³-hybridized carbons (Fsp3) is 0.167. The highest BCUT2D eigenvalue weighted by molar-refractivity contribution is 5.76. The van der Waals surface area contributed by atoms with E-state index < -0.39 is 6.03 Å². The second kappa shape index (κ2) is 4.29. The SMILES string of the molecule is COc1ccc(-c2cc(C)n(C(N)=O)n2)cc1. The number of rotatable bonds is 2. The van der Waals surface area contributed by atoms with Crippen LogP contribution in [0.1, 0.15) is 5.69 Å². The summed E-state index contributed by atoms with van der Waals surface area (Å²) in [5, 5.41) is 4.14. The summed E-state index contributed by atoms with van der Waals surface area (Å²) in [6.45, 7) is 1.78. The van der Waals surface area contributed by atoms with Gasteiger partial charge in [0.25, 0.3) is 0 Å².